The van der Waals surface area contributed by atoms with Gasteiger partial charge in [0.2, 0.25) is 0 Å². The van der Waals surface area contributed by atoms with Gasteiger partial charge in [-0.1, -0.05) is 23.7 Å². The highest BCUT2D eigenvalue weighted by Gasteiger charge is 2.18. The molecule has 0 spiro atoms. The third-order valence-electron chi connectivity index (χ3n) is 3.64. The maximum Gasteiger partial charge on any atom is 0.124 e. The zero-order chi connectivity index (χ0) is 15.5. The summed E-state index contributed by atoms with van der Waals surface area (Å²) in [4.78, 5) is 0. The van der Waals surface area contributed by atoms with Crippen molar-refractivity contribution < 1.29 is 14.6 Å². The molecule has 22 heavy (non-hydrogen) atoms. The molecule has 0 amide bonds. The van der Waals surface area contributed by atoms with E-state index in [-0.39, 0.29) is 6.10 Å². The Morgan fingerprint density at radius 3 is 2.68 bits per heavy atom. The molecular formula is C17H16ClIO3. The van der Waals surface area contributed by atoms with Gasteiger partial charge in [-0.2, -0.15) is 0 Å². The van der Waals surface area contributed by atoms with Gasteiger partial charge in [-0.05, 0) is 58.5 Å². The number of rotatable bonds is 4. The van der Waals surface area contributed by atoms with Crippen molar-refractivity contribution in [3.8, 4) is 5.75 Å². The van der Waals surface area contributed by atoms with E-state index in [9.17, 15) is 5.11 Å². The second kappa shape index (κ2) is 7.17. The molecule has 0 aromatic heterocycles. The van der Waals surface area contributed by atoms with Crippen LogP contribution in [0.3, 0.4) is 0 Å². The molecule has 1 aliphatic rings. The second-order valence-corrected chi connectivity index (χ2v) is 6.89. The van der Waals surface area contributed by atoms with Gasteiger partial charge < -0.3 is 14.6 Å². The zero-order valence-electron chi connectivity index (χ0n) is 11.8. The van der Waals surface area contributed by atoms with E-state index >= 15 is 0 Å². The number of halogens is 2. The average Bonchev–Trinajstić information content (AvgIpc) is 3.03. The van der Waals surface area contributed by atoms with Crippen LogP contribution in [-0.4, -0.2) is 24.4 Å². The summed E-state index contributed by atoms with van der Waals surface area (Å²) in [5, 5.41) is 11.1. The summed E-state index contributed by atoms with van der Waals surface area (Å²) in [6.07, 6.45) is 0.301. The van der Waals surface area contributed by atoms with Crippen LogP contribution in [0.5, 0.6) is 5.75 Å². The number of hydrogen-bond acceptors (Lipinski definition) is 3. The first kappa shape index (κ1) is 16.1. The van der Waals surface area contributed by atoms with Gasteiger partial charge in [0.15, 0.2) is 0 Å². The highest BCUT2D eigenvalue weighted by atomic mass is 127. The molecule has 3 rings (SSSR count). The first-order valence-electron chi connectivity index (χ1n) is 7.11. The molecule has 1 unspecified atom stereocenters. The Bertz CT molecular complexity index is 639. The van der Waals surface area contributed by atoms with Gasteiger partial charge in [-0.15, -0.1) is 0 Å². The lowest BCUT2D eigenvalue weighted by Crippen LogP contribution is -2.15. The fourth-order valence-electron chi connectivity index (χ4n) is 2.43. The molecule has 1 aliphatic heterocycles. The van der Waals surface area contributed by atoms with Crippen LogP contribution >= 0.6 is 34.2 Å². The maximum absolute atomic E-state index is 10.5. The van der Waals surface area contributed by atoms with Gasteiger partial charge in [0.05, 0.1) is 13.2 Å². The first-order chi connectivity index (χ1) is 10.6. The van der Waals surface area contributed by atoms with Crippen LogP contribution in [0.1, 0.15) is 23.7 Å². The van der Waals surface area contributed by atoms with Crippen LogP contribution in [-0.2, 0) is 4.74 Å². The molecule has 5 heteroatoms. The number of ether oxygens (including phenoxy) is 2. The van der Waals surface area contributed by atoms with E-state index in [2.05, 4.69) is 22.6 Å². The van der Waals surface area contributed by atoms with Crippen molar-refractivity contribution in [2.24, 2.45) is 0 Å². The fourth-order valence-corrected chi connectivity index (χ4v) is 3.17. The van der Waals surface area contributed by atoms with Crippen molar-refractivity contribution in [2.75, 3.05) is 13.2 Å². The summed E-state index contributed by atoms with van der Waals surface area (Å²) in [7, 11) is 0. The van der Waals surface area contributed by atoms with E-state index in [1.807, 2.05) is 36.4 Å². The molecule has 1 saturated heterocycles. The Hall–Kier alpha value is -0.820. The quantitative estimate of drug-likeness (QED) is 0.739. The highest BCUT2D eigenvalue weighted by molar-refractivity contribution is 14.1. The first-order valence-corrected chi connectivity index (χ1v) is 8.56. The highest BCUT2D eigenvalue weighted by Crippen LogP contribution is 2.30. The Labute approximate surface area is 148 Å². The standard InChI is InChI=1S/C17H16ClIO3/c18-16-6-3-12(19)9-15(16)17(20)11-1-4-13(5-2-11)22-14-7-8-21-10-14/h1-6,9,14,17,20H,7-8,10H2/t14-,17?/m0/s1. The molecule has 1 fully saturated rings. The molecule has 116 valence electrons. The van der Waals surface area contributed by atoms with E-state index in [1.165, 1.54) is 0 Å². The van der Waals surface area contributed by atoms with E-state index in [0.29, 0.717) is 17.2 Å². The minimum absolute atomic E-state index is 0.126. The molecule has 0 bridgehead atoms. The Kier molecular flexibility index (Phi) is 5.23. The zero-order valence-corrected chi connectivity index (χ0v) is 14.8. The third kappa shape index (κ3) is 3.74. The van der Waals surface area contributed by atoms with Crippen LogP contribution < -0.4 is 4.74 Å². The van der Waals surface area contributed by atoms with Gasteiger partial charge in [-0.3, -0.25) is 0 Å². The molecule has 0 radical (unpaired) electrons. The van der Waals surface area contributed by atoms with Gasteiger partial charge in [0, 0.05) is 20.6 Å². The lowest BCUT2D eigenvalue weighted by Gasteiger charge is -2.15. The summed E-state index contributed by atoms with van der Waals surface area (Å²) in [5.74, 6) is 0.792. The SMILES string of the molecule is OC(c1ccc(O[C@H]2CCOC2)cc1)c1cc(I)ccc1Cl. The van der Waals surface area contributed by atoms with Gasteiger partial charge >= 0.3 is 0 Å². The largest absolute Gasteiger partial charge is 0.488 e. The predicted octanol–water partition coefficient (Wildman–Crippen LogP) is 4.19. The molecule has 2 aromatic carbocycles. The van der Waals surface area contributed by atoms with Crippen molar-refractivity contribution in [1.29, 1.82) is 0 Å². The maximum atomic E-state index is 10.5. The lowest BCUT2D eigenvalue weighted by atomic mass is 10.0. The number of benzene rings is 2. The Morgan fingerprint density at radius 1 is 1.23 bits per heavy atom. The molecule has 2 aromatic rings. The molecule has 0 aliphatic carbocycles. The topological polar surface area (TPSA) is 38.7 Å². The third-order valence-corrected chi connectivity index (χ3v) is 4.65. The smallest absolute Gasteiger partial charge is 0.124 e. The van der Waals surface area contributed by atoms with Crippen molar-refractivity contribution in [3.63, 3.8) is 0 Å². The Morgan fingerprint density at radius 2 is 2.00 bits per heavy atom. The summed E-state index contributed by atoms with van der Waals surface area (Å²) >= 11 is 8.39. The lowest BCUT2D eigenvalue weighted by molar-refractivity contribution is 0.141. The molecule has 3 nitrogen and oxygen atoms in total. The molecule has 1 heterocycles. The minimum Gasteiger partial charge on any atom is -0.488 e. The number of aliphatic hydroxyl groups is 1. The monoisotopic (exact) mass is 430 g/mol. The summed E-state index contributed by atoms with van der Waals surface area (Å²) in [6.45, 7) is 1.40. The predicted molar refractivity (Wildman–Crippen MR) is 94.5 cm³/mol. The van der Waals surface area contributed by atoms with Crippen LogP contribution in [0.4, 0.5) is 0 Å². The van der Waals surface area contributed by atoms with Crippen molar-refractivity contribution in [1.82, 2.24) is 0 Å². The van der Waals surface area contributed by atoms with Gasteiger partial charge in [0.25, 0.3) is 0 Å². The van der Waals surface area contributed by atoms with Crippen molar-refractivity contribution in [2.45, 2.75) is 18.6 Å². The summed E-state index contributed by atoms with van der Waals surface area (Å²) in [6, 6.07) is 13.1. The van der Waals surface area contributed by atoms with Crippen LogP contribution in [0, 0.1) is 3.57 Å². The van der Waals surface area contributed by atoms with Crippen molar-refractivity contribution in [3.05, 3.63) is 62.2 Å². The van der Waals surface area contributed by atoms with Crippen molar-refractivity contribution >= 4 is 34.2 Å². The molecule has 1 N–H and O–H groups in total. The molecule has 2 atom stereocenters. The van der Waals surface area contributed by atoms with E-state index in [4.69, 9.17) is 21.1 Å². The van der Waals surface area contributed by atoms with Gasteiger partial charge in [-0.25, -0.2) is 0 Å². The Balaban J connectivity index is 1.75. The minimum atomic E-state index is -0.744. The normalized spacial score (nSPS) is 19.1. The van der Waals surface area contributed by atoms with E-state index in [1.54, 1.807) is 6.07 Å². The second-order valence-electron chi connectivity index (χ2n) is 5.24. The fraction of sp³-hybridized carbons (Fsp3) is 0.294. The van der Waals surface area contributed by atoms with Gasteiger partial charge in [0.1, 0.15) is 18.0 Å². The average molecular weight is 431 g/mol. The van der Waals surface area contributed by atoms with E-state index in [0.717, 1.165) is 27.9 Å². The van der Waals surface area contributed by atoms with Crippen LogP contribution in [0.15, 0.2) is 42.5 Å². The van der Waals surface area contributed by atoms with Crippen LogP contribution in [0.2, 0.25) is 5.02 Å². The summed E-state index contributed by atoms with van der Waals surface area (Å²) < 4.78 is 12.2. The number of aliphatic hydroxyl groups excluding tert-OH is 1. The molecule has 0 saturated carbocycles. The van der Waals surface area contributed by atoms with E-state index < -0.39 is 6.10 Å². The summed E-state index contributed by atoms with van der Waals surface area (Å²) in [5.41, 5.74) is 1.50. The number of hydrogen-bond donors (Lipinski definition) is 1. The van der Waals surface area contributed by atoms with Crippen LogP contribution in [0.25, 0.3) is 0 Å². The molecular weight excluding hydrogens is 415 g/mol.